The van der Waals surface area contributed by atoms with Crippen molar-refractivity contribution in [1.82, 2.24) is 14.6 Å². The first-order valence-corrected chi connectivity index (χ1v) is 8.33. The number of hydrogen-bond acceptors (Lipinski definition) is 6. The molecule has 0 saturated heterocycles. The predicted molar refractivity (Wildman–Crippen MR) is 83.0 cm³/mol. The van der Waals surface area contributed by atoms with Crippen LogP contribution in [0.4, 0.5) is 5.13 Å². The van der Waals surface area contributed by atoms with Gasteiger partial charge >= 0.3 is 0 Å². The van der Waals surface area contributed by atoms with Crippen molar-refractivity contribution < 1.29 is 5.11 Å². The molecule has 3 rings (SSSR count). The number of nitrogens with one attached hydrogen (secondary N) is 1. The van der Waals surface area contributed by atoms with Gasteiger partial charge in [-0.05, 0) is 19.3 Å². The van der Waals surface area contributed by atoms with E-state index < -0.39 is 0 Å². The van der Waals surface area contributed by atoms with E-state index in [4.69, 9.17) is 0 Å². The van der Waals surface area contributed by atoms with Gasteiger partial charge in [-0.25, -0.2) is 4.98 Å². The van der Waals surface area contributed by atoms with Gasteiger partial charge in [0, 0.05) is 11.8 Å². The second-order valence-corrected chi connectivity index (χ2v) is 6.50. The molecule has 2 heterocycles. The number of aliphatic hydroxyl groups excluding tert-OH is 1. The van der Waals surface area contributed by atoms with Crippen LogP contribution < -0.4 is 10.9 Å². The van der Waals surface area contributed by atoms with Crippen molar-refractivity contribution in [3.63, 3.8) is 0 Å². The van der Waals surface area contributed by atoms with Gasteiger partial charge in [0.15, 0.2) is 0 Å². The molecule has 0 aliphatic heterocycles. The SMILES string of the molecule is CCCc1cc(=O)n2nc(N[C@H]3CCCC[C@@H]3O)sc2n1. The number of aliphatic hydroxyl groups is 1. The van der Waals surface area contributed by atoms with Crippen molar-refractivity contribution in [3.8, 4) is 0 Å². The molecular formula is C14H20N4O2S. The zero-order chi connectivity index (χ0) is 14.8. The Morgan fingerprint density at radius 1 is 1.48 bits per heavy atom. The molecule has 2 aromatic rings. The van der Waals surface area contributed by atoms with Gasteiger partial charge in [0.25, 0.3) is 5.56 Å². The van der Waals surface area contributed by atoms with Gasteiger partial charge in [-0.15, -0.1) is 5.10 Å². The number of fused-ring (bicyclic) bond motifs is 1. The fraction of sp³-hybridized carbons (Fsp3) is 0.643. The van der Waals surface area contributed by atoms with Crippen LogP contribution in [0.15, 0.2) is 10.9 Å². The molecule has 1 fully saturated rings. The van der Waals surface area contributed by atoms with Crippen molar-refractivity contribution in [2.75, 3.05) is 5.32 Å². The first-order chi connectivity index (χ1) is 10.2. The van der Waals surface area contributed by atoms with Gasteiger partial charge in [-0.1, -0.05) is 37.5 Å². The minimum absolute atomic E-state index is 0.0186. The maximum Gasteiger partial charge on any atom is 0.275 e. The van der Waals surface area contributed by atoms with Gasteiger partial charge in [0.05, 0.1) is 12.1 Å². The van der Waals surface area contributed by atoms with Crippen molar-refractivity contribution in [1.29, 1.82) is 0 Å². The molecule has 6 nitrogen and oxygen atoms in total. The summed E-state index contributed by atoms with van der Waals surface area (Å²) in [5, 5.41) is 18.2. The summed E-state index contributed by atoms with van der Waals surface area (Å²) < 4.78 is 1.33. The fourth-order valence-corrected chi connectivity index (χ4v) is 3.62. The van der Waals surface area contributed by atoms with Gasteiger partial charge in [-0.2, -0.15) is 4.52 Å². The number of nitrogens with zero attached hydrogens (tertiary/aromatic N) is 3. The second kappa shape index (κ2) is 6.11. The summed E-state index contributed by atoms with van der Waals surface area (Å²) in [6, 6.07) is 1.57. The van der Waals surface area contributed by atoms with Crippen LogP contribution >= 0.6 is 11.3 Å². The Balaban J connectivity index is 1.86. The Kier molecular flexibility index (Phi) is 4.21. The van der Waals surface area contributed by atoms with E-state index in [0.717, 1.165) is 44.2 Å². The topological polar surface area (TPSA) is 79.5 Å². The second-order valence-electron chi connectivity index (χ2n) is 5.54. The molecule has 2 N–H and O–H groups in total. The molecular weight excluding hydrogens is 288 g/mol. The van der Waals surface area contributed by atoms with E-state index in [1.165, 1.54) is 15.9 Å². The summed E-state index contributed by atoms with van der Waals surface area (Å²) in [6.07, 6.45) is 5.35. The third-order valence-electron chi connectivity index (χ3n) is 3.84. The van der Waals surface area contributed by atoms with E-state index in [9.17, 15) is 9.90 Å². The molecule has 1 aliphatic rings. The fourth-order valence-electron chi connectivity index (χ4n) is 2.74. The third-order valence-corrected chi connectivity index (χ3v) is 4.68. The molecule has 2 atom stereocenters. The first-order valence-electron chi connectivity index (χ1n) is 7.52. The normalized spacial score (nSPS) is 22.6. The van der Waals surface area contributed by atoms with E-state index in [-0.39, 0.29) is 17.7 Å². The lowest BCUT2D eigenvalue weighted by Gasteiger charge is -2.27. The average molecular weight is 308 g/mol. The zero-order valence-electron chi connectivity index (χ0n) is 12.1. The van der Waals surface area contributed by atoms with Gasteiger partial charge < -0.3 is 10.4 Å². The van der Waals surface area contributed by atoms with Crippen LogP contribution in [-0.2, 0) is 6.42 Å². The van der Waals surface area contributed by atoms with Crippen LogP contribution in [0.2, 0.25) is 0 Å². The average Bonchev–Trinajstić information content (AvgIpc) is 2.85. The number of aromatic nitrogens is 3. The minimum Gasteiger partial charge on any atom is -0.391 e. The number of aryl methyl sites for hydroxylation is 1. The molecule has 0 aromatic carbocycles. The monoisotopic (exact) mass is 308 g/mol. The Hall–Kier alpha value is -1.47. The number of rotatable bonds is 4. The molecule has 0 spiro atoms. The first kappa shape index (κ1) is 14.5. The number of anilines is 1. The Morgan fingerprint density at radius 3 is 3.05 bits per heavy atom. The number of hydrogen-bond donors (Lipinski definition) is 2. The molecule has 21 heavy (non-hydrogen) atoms. The molecule has 0 unspecified atom stereocenters. The lowest BCUT2D eigenvalue weighted by Crippen LogP contribution is -2.36. The summed E-state index contributed by atoms with van der Waals surface area (Å²) in [5.41, 5.74) is 0.673. The molecule has 0 radical (unpaired) electrons. The Morgan fingerprint density at radius 2 is 2.29 bits per heavy atom. The predicted octanol–water partition coefficient (Wildman–Crippen LogP) is 1.82. The Bertz CT molecular complexity index is 681. The molecule has 0 amide bonds. The zero-order valence-corrected chi connectivity index (χ0v) is 12.9. The maximum atomic E-state index is 12.0. The van der Waals surface area contributed by atoms with Crippen LogP contribution in [-0.4, -0.2) is 31.9 Å². The quantitative estimate of drug-likeness (QED) is 0.900. The highest BCUT2D eigenvalue weighted by atomic mass is 32.1. The molecule has 2 aromatic heterocycles. The molecule has 1 saturated carbocycles. The highest BCUT2D eigenvalue weighted by molar-refractivity contribution is 7.20. The van der Waals surface area contributed by atoms with Crippen molar-refractivity contribution >= 4 is 21.4 Å². The summed E-state index contributed by atoms with van der Waals surface area (Å²) >= 11 is 1.37. The minimum atomic E-state index is -0.342. The van der Waals surface area contributed by atoms with E-state index in [1.807, 2.05) is 0 Å². The summed E-state index contributed by atoms with van der Waals surface area (Å²) in [6.45, 7) is 2.06. The smallest absolute Gasteiger partial charge is 0.275 e. The van der Waals surface area contributed by atoms with Crippen molar-refractivity contribution in [2.45, 2.75) is 57.6 Å². The van der Waals surface area contributed by atoms with E-state index in [1.54, 1.807) is 6.07 Å². The summed E-state index contributed by atoms with van der Waals surface area (Å²) in [4.78, 5) is 17.1. The lowest BCUT2D eigenvalue weighted by atomic mass is 9.93. The van der Waals surface area contributed by atoms with E-state index in [2.05, 4.69) is 22.3 Å². The largest absolute Gasteiger partial charge is 0.391 e. The van der Waals surface area contributed by atoms with Crippen LogP contribution in [0.3, 0.4) is 0 Å². The van der Waals surface area contributed by atoms with Crippen molar-refractivity contribution in [2.24, 2.45) is 0 Å². The van der Waals surface area contributed by atoms with Crippen molar-refractivity contribution in [3.05, 3.63) is 22.1 Å². The third kappa shape index (κ3) is 3.08. The molecule has 0 bridgehead atoms. The van der Waals surface area contributed by atoms with Crippen LogP contribution in [0.5, 0.6) is 0 Å². The Labute approximate surface area is 126 Å². The van der Waals surface area contributed by atoms with Gasteiger partial charge in [0.1, 0.15) is 0 Å². The maximum absolute atomic E-state index is 12.0. The van der Waals surface area contributed by atoms with Gasteiger partial charge in [0.2, 0.25) is 10.1 Å². The van der Waals surface area contributed by atoms with Crippen LogP contribution in [0.1, 0.15) is 44.7 Å². The summed E-state index contributed by atoms with van der Waals surface area (Å²) in [7, 11) is 0. The standard InChI is InChI=1S/C14H20N4O2S/c1-2-5-9-8-12(20)18-14(15-9)21-13(17-18)16-10-6-3-4-7-11(10)19/h8,10-11,19H,2-7H2,1H3,(H,16,17)/t10-,11-/m0/s1. The van der Waals surface area contributed by atoms with Crippen LogP contribution in [0, 0.1) is 0 Å². The highest BCUT2D eigenvalue weighted by Gasteiger charge is 2.24. The van der Waals surface area contributed by atoms with Gasteiger partial charge in [-0.3, -0.25) is 4.79 Å². The van der Waals surface area contributed by atoms with Crippen LogP contribution in [0.25, 0.3) is 4.96 Å². The highest BCUT2D eigenvalue weighted by Crippen LogP contribution is 2.24. The van der Waals surface area contributed by atoms with E-state index >= 15 is 0 Å². The molecule has 7 heteroatoms. The molecule has 1 aliphatic carbocycles. The summed E-state index contributed by atoms with van der Waals surface area (Å²) in [5.74, 6) is 0. The molecule has 114 valence electrons. The van der Waals surface area contributed by atoms with E-state index in [0.29, 0.717) is 10.1 Å². The lowest BCUT2D eigenvalue weighted by molar-refractivity contribution is 0.116.